The minimum Gasteiger partial charge on any atom is -0.272 e. The third kappa shape index (κ3) is 3.48. The van der Waals surface area contributed by atoms with Gasteiger partial charge in [0.05, 0.1) is 15.8 Å². The molecule has 1 aliphatic rings. The summed E-state index contributed by atoms with van der Waals surface area (Å²) < 4.78 is 26.9. The van der Waals surface area contributed by atoms with E-state index in [9.17, 15) is 13.2 Å². The molecule has 1 fully saturated rings. The van der Waals surface area contributed by atoms with Gasteiger partial charge in [0.1, 0.15) is 0 Å². The Morgan fingerprint density at radius 3 is 2.32 bits per heavy atom. The van der Waals surface area contributed by atoms with Crippen LogP contribution >= 0.6 is 11.8 Å². The molecule has 5 nitrogen and oxygen atoms in total. The molecule has 0 aromatic heterocycles. The number of aliphatic imine (C=N–C) groups is 1. The molecule has 130 valence electrons. The van der Waals surface area contributed by atoms with Crippen LogP contribution < -0.4 is 0 Å². The van der Waals surface area contributed by atoms with Crippen molar-refractivity contribution in [3.05, 3.63) is 60.2 Å². The minimum absolute atomic E-state index is 0.0876. The Bertz CT molecular complexity index is 907. The molecule has 1 amide bonds. The van der Waals surface area contributed by atoms with E-state index in [1.54, 1.807) is 24.3 Å². The zero-order valence-corrected chi connectivity index (χ0v) is 15.5. The number of carbonyl (C=O) groups excluding carboxylic acids is 1. The monoisotopic (exact) mass is 374 g/mol. The Morgan fingerprint density at radius 2 is 1.72 bits per heavy atom. The zero-order valence-electron chi connectivity index (χ0n) is 13.9. The molecule has 2 aromatic rings. The van der Waals surface area contributed by atoms with Gasteiger partial charge in [-0.25, -0.2) is 13.4 Å². The summed E-state index contributed by atoms with van der Waals surface area (Å²) in [7, 11) is -3.98. The van der Waals surface area contributed by atoms with Gasteiger partial charge in [-0.1, -0.05) is 54.6 Å². The highest BCUT2D eigenvalue weighted by molar-refractivity contribution is 8.17. The number of amides is 1. The van der Waals surface area contributed by atoms with E-state index in [0.29, 0.717) is 12.1 Å². The minimum atomic E-state index is -3.98. The lowest BCUT2D eigenvalue weighted by molar-refractivity contribution is -0.122. The van der Waals surface area contributed by atoms with E-state index < -0.39 is 21.2 Å². The standard InChI is InChI=1S/C18H18N2O3S2/c1-3-16-17(21)20(18(24-16)19-14-7-5-4-6-8-14)25(22,23)15-11-9-13(2)10-12-15/h4-12,16H,3H2,1-2H3. The van der Waals surface area contributed by atoms with Crippen molar-refractivity contribution in [3.8, 4) is 0 Å². The summed E-state index contributed by atoms with van der Waals surface area (Å²) in [6.07, 6.45) is 0.539. The molecular formula is C18H18N2O3S2. The fourth-order valence-corrected chi connectivity index (χ4v) is 5.19. The predicted molar refractivity (Wildman–Crippen MR) is 100 cm³/mol. The second-order valence-corrected chi connectivity index (χ2v) is 8.62. The fraction of sp³-hybridized carbons (Fsp3) is 0.222. The molecule has 1 saturated heterocycles. The Balaban J connectivity index is 2.07. The van der Waals surface area contributed by atoms with Crippen LogP contribution in [0.2, 0.25) is 0 Å². The van der Waals surface area contributed by atoms with Crippen LogP contribution in [0.5, 0.6) is 0 Å². The topological polar surface area (TPSA) is 66.8 Å². The van der Waals surface area contributed by atoms with Gasteiger partial charge in [-0.15, -0.1) is 0 Å². The van der Waals surface area contributed by atoms with Gasteiger partial charge >= 0.3 is 0 Å². The number of hydrogen-bond donors (Lipinski definition) is 0. The Hall–Kier alpha value is -2.12. The number of para-hydroxylation sites is 1. The molecule has 25 heavy (non-hydrogen) atoms. The van der Waals surface area contributed by atoms with Gasteiger partial charge in [-0.05, 0) is 37.6 Å². The number of carbonyl (C=O) groups is 1. The number of aryl methyl sites for hydroxylation is 1. The third-order valence-electron chi connectivity index (χ3n) is 3.81. The molecule has 3 rings (SSSR count). The molecule has 1 unspecified atom stereocenters. The summed E-state index contributed by atoms with van der Waals surface area (Å²) in [4.78, 5) is 17.2. The largest absolute Gasteiger partial charge is 0.272 e. The maximum atomic E-state index is 13.0. The molecule has 0 spiro atoms. The second-order valence-electron chi connectivity index (χ2n) is 5.67. The lowest BCUT2D eigenvalue weighted by Crippen LogP contribution is -2.37. The maximum absolute atomic E-state index is 13.0. The Kier molecular flexibility index (Phi) is 4.96. The van der Waals surface area contributed by atoms with Gasteiger partial charge in [0, 0.05) is 0 Å². The van der Waals surface area contributed by atoms with Gasteiger partial charge < -0.3 is 0 Å². The second kappa shape index (κ2) is 7.01. The summed E-state index contributed by atoms with van der Waals surface area (Å²) in [5.74, 6) is -0.442. The molecule has 7 heteroatoms. The van der Waals surface area contributed by atoms with E-state index in [1.807, 2.05) is 32.0 Å². The van der Waals surface area contributed by atoms with Crippen molar-refractivity contribution >= 4 is 38.5 Å². The first-order valence-electron chi connectivity index (χ1n) is 7.89. The van der Waals surface area contributed by atoms with Crippen LogP contribution in [0, 0.1) is 6.92 Å². The van der Waals surface area contributed by atoms with Crippen LogP contribution in [0.4, 0.5) is 5.69 Å². The predicted octanol–water partition coefficient (Wildman–Crippen LogP) is 3.73. The average molecular weight is 374 g/mol. The quantitative estimate of drug-likeness (QED) is 0.818. The lowest BCUT2D eigenvalue weighted by Gasteiger charge is -2.17. The van der Waals surface area contributed by atoms with Gasteiger partial charge in [0.2, 0.25) is 0 Å². The molecule has 1 atom stereocenters. The van der Waals surface area contributed by atoms with Crippen LogP contribution in [0.3, 0.4) is 0 Å². The van der Waals surface area contributed by atoms with Crippen molar-refractivity contribution in [2.45, 2.75) is 30.4 Å². The summed E-state index contributed by atoms with van der Waals surface area (Å²) in [5.41, 5.74) is 1.56. The van der Waals surface area contributed by atoms with E-state index in [-0.39, 0.29) is 10.1 Å². The van der Waals surface area contributed by atoms with Crippen LogP contribution in [-0.2, 0) is 14.8 Å². The number of nitrogens with zero attached hydrogens (tertiary/aromatic N) is 2. The van der Waals surface area contributed by atoms with E-state index in [1.165, 1.54) is 23.9 Å². The molecule has 0 saturated carbocycles. The Labute approximate surface area is 151 Å². The summed E-state index contributed by atoms with van der Waals surface area (Å²) >= 11 is 1.19. The number of hydrogen-bond acceptors (Lipinski definition) is 5. The van der Waals surface area contributed by atoms with Crippen molar-refractivity contribution in [1.29, 1.82) is 0 Å². The highest BCUT2D eigenvalue weighted by atomic mass is 32.2. The van der Waals surface area contributed by atoms with Crippen LogP contribution in [0.1, 0.15) is 18.9 Å². The zero-order chi connectivity index (χ0) is 18.0. The molecule has 1 heterocycles. The molecule has 0 radical (unpaired) electrons. The Morgan fingerprint density at radius 1 is 1.08 bits per heavy atom. The molecule has 0 bridgehead atoms. The number of thioether (sulfide) groups is 1. The van der Waals surface area contributed by atoms with Gasteiger partial charge in [-0.2, -0.15) is 4.31 Å². The van der Waals surface area contributed by atoms with Crippen molar-refractivity contribution in [2.75, 3.05) is 0 Å². The third-order valence-corrected chi connectivity index (χ3v) is 6.93. The summed E-state index contributed by atoms with van der Waals surface area (Å²) in [5, 5.41) is -0.244. The normalized spacial score (nSPS) is 19.6. The molecule has 2 aromatic carbocycles. The highest BCUT2D eigenvalue weighted by Gasteiger charge is 2.44. The van der Waals surface area contributed by atoms with Gasteiger partial charge in [0.25, 0.3) is 15.9 Å². The molecule has 1 aliphatic heterocycles. The van der Waals surface area contributed by atoms with Crippen LogP contribution in [-0.4, -0.2) is 29.0 Å². The van der Waals surface area contributed by atoms with Crippen molar-refractivity contribution in [3.63, 3.8) is 0 Å². The maximum Gasteiger partial charge on any atom is 0.272 e. The molecule has 0 aliphatic carbocycles. The average Bonchev–Trinajstić information content (AvgIpc) is 2.92. The fourth-order valence-electron chi connectivity index (χ4n) is 2.43. The van der Waals surface area contributed by atoms with E-state index in [2.05, 4.69) is 4.99 Å². The first-order valence-corrected chi connectivity index (χ1v) is 10.2. The van der Waals surface area contributed by atoms with E-state index in [4.69, 9.17) is 0 Å². The molecular weight excluding hydrogens is 356 g/mol. The smallest absolute Gasteiger partial charge is 0.272 e. The molecule has 0 N–H and O–H groups in total. The van der Waals surface area contributed by atoms with E-state index >= 15 is 0 Å². The van der Waals surface area contributed by atoms with Crippen LogP contribution in [0.25, 0.3) is 0 Å². The SMILES string of the molecule is CCC1SC(=Nc2ccccc2)N(S(=O)(=O)c2ccc(C)cc2)C1=O. The number of benzene rings is 2. The number of amidine groups is 1. The van der Waals surface area contributed by atoms with Crippen molar-refractivity contribution in [2.24, 2.45) is 4.99 Å². The highest BCUT2D eigenvalue weighted by Crippen LogP contribution is 2.35. The van der Waals surface area contributed by atoms with Gasteiger partial charge in [0.15, 0.2) is 5.17 Å². The van der Waals surface area contributed by atoms with E-state index in [0.717, 1.165) is 9.87 Å². The first-order chi connectivity index (χ1) is 11.9. The first kappa shape index (κ1) is 17.7. The summed E-state index contributed by atoms with van der Waals surface area (Å²) in [6.45, 7) is 3.74. The number of rotatable bonds is 4. The lowest BCUT2D eigenvalue weighted by atomic mass is 10.2. The van der Waals surface area contributed by atoms with Crippen LogP contribution in [0.15, 0.2) is 64.5 Å². The van der Waals surface area contributed by atoms with Gasteiger partial charge in [-0.3, -0.25) is 4.79 Å². The number of sulfonamides is 1. The summed E-state index contributed by atoms with van der Waals surface area (Å²) in [6, 6.07) is 15.5. The van der Waals surface area contributed by atoms with Crippen molar-refractivity contribution in [1.82, 2.24) is 4.31 Å². The van der Waals surface area contributed by atoms with Crippen molar-refractivity contribution < 1.29 is 13.2 Å².